The van der Waals surface area contributed by atoms with E-state index in [1.54, 1.807) is 0 Å². The summed E-state index contributed by atoms with van der Waals surface area (Å²) >= 11 is 0. The molecule has 1 N–H and O–H groups in total. The molecule has 0 aliphatic carbocycles. The molecule has 6 heteroatoms. The zero-order valence-corrected chi connectivity index (χ0v) is 18.1. The van der Waals surface area contributed by atoms with Crippen LogP contribution in [0.4, 0.5) is 0 Å². The number of carbonyl (C=O) groups excluding carboxylic acids is 1. The van der Waals surface area contributed by atoms with Gasteiger partial charge in [0.2, 0.25) is 5.91 Å². The zero-order chi connectivity index (χ0) is 20.2. The lowest BCUT2D eigenvalue weighted by Crippen LogP contribution is -2.25. The van der Waals surface area contributed by atoms with E-state index in [4.69, 9.17) is 18.9 Å². The molecular weight excluding hydrogens is 346 g/mol. The number of hydrogen-bond acceptors (Lipinski definition) is 5. The van der Waals surface area contributed by atoms with Crippen LogP contribution in [0.5, 0.6) is 0 Å². The second-order valence-electron chi connectivity index (χ2n) is 7.62. The minimum atomic E-state index is 0.0551. The summed E-state index contributed by atoms with van der Waals surface area (Å²) in [6.45, 7) is 14.2. The van der Waals surface area contributed by atoms with Gasteiger partial charge in [0.15, 0.2) is 0 Å². The predicted molar refractivity (Wildman–Crippen MR) is 109 cm³/mol. The molecule has 27 heavy (non-hydrogen) atoms. The standard InChI is InChI=1S/C21H43NO5/c1-19(2)7-5-10-22-21(23)9-12-25-14-16-27-18-17-26-15-13-24-11-6-8-20(3)4/h19-20H,5-18H2,1-4H3,(H,22,23). The monoisotopic (exact) mass is 389 g/mol. The van der Waals surface area contributed by atoms with Crippen molar-refractivity contribution in [2.75, 3.05) is 59.4 Å². The third kappa shape index (κ3) is 23.3. The Morgan fingerprint density at radius 2 is 1.11 bits per heavy atom. The molecule has 162 valence electrons. The molecule has 0 aliphatic heterocycles. The molecule has 0 bridgehead atoms. The zero-order valence-electron chi connectivity index (χ0n) is 18.1. The van der Waals surface area contributed by atoms with E-state index in [-0.39, 0.29) is 5.91 Å². The summed E-state index contributed by atoms with van der Waals surface area (Å²) in [5.74, 6) is 1.48. The van der Waals surface area contributed by atoms with Crippen molar-refractivity contribution in [3.8, 4) is 0 Å². The summed E-state index contributed by atoms with van der Waals surface area (Å²) < 4.78 is 21.8. The molecule has 0 atom stereocenters. The summed E-state index contributed by atoms with van der Waals surface area (Å²) in [7, 11) is 0. The van der Waals surface area contributed by atoms with Crippen LogP contribution in [0.25, 0.3) is 0 Å². The van der Waals surface area contributed by atoms with Crippen molar-refractivity contribution in [1.82, 2.24) is 5.32 Å². The lowest BCUT2D eigenvalue weighted by atomic mass is 10.1. The van der Waals surface area contributed by atoms with Crippen molar-refractivity contribution in [2.45, 2.75) is 59.8 Å². The van der Waals surface area contributed by atoms with Gasteiger partial charge < -0.3 is 24.3 Å². The maximum absolute atomic E-state index is 11.6. The van der Waals surface area contributed by atoms with Gasteiger partial charge in [-0.3, -0.25) is 4.79 Å². The minimum absolute atomic E-state index is 0.0551. The van der Waals surface area contributed by atoms with Gasteiger partial charge in [0.25, 0.3) is 0 Å². The van der Waals surface area contributed by atoms with Crippen LogP contribution >= 0.6 is 0 Å². The van der Waals surface area contributed by atoms with Crippen molar-refractivity contribution < 1.29 is 23.7 Å². The minimum Gasteiger partial charge on any atom is -0.379 e. The summed E-state index contributed by atoms with van der Waals surface area (Å²) in [6.07, 6.45) is 4.90. The summed E-state index contributed by atoms with van der Waals surface area (Å²) in [6, 6.07) is 0. The molecule has 0 aromatic carbocycles. The molecule has 0 aromatic rings. The highest BCUT2D eigenvalue weighted by Gasteiger charge is 2.01. The number of hydrogen-bond donors (Lipinski definition) is 1. The van der Waals surface area contributed by atoms with Crippen molar-refractivity contribution >= 4 is 5.91 Å². The molecular formula is C21H43NO5. The van der Waals surface area contributed by atoms with Crippen molar-refractivity contribution in [2.24, 2.45) is 11.8 Å². The normalized spacial score (nSPS) is 11.5. The first-order valence-electron chi connectivity index (χ1n) is 10.6. The number of amides is 1. The van der Waals surface area contributed by atoms with Crippen molar-refractivity contribution in [1.29, 1.82) is 0 Å². The van der Waals surface area contributed by atoms with Gasteiger partial charge in [0.1, 0.15) is 0 Å². The lowest BCUT2D eigenvalue weighted by molar-refractivity contribution is -0.122. The molecule has 0 saturated carbocycles. The maximum atomic E-state index is 11.6. The van der Waals surface area contributed by atoms with E-state index in [9.17, 15) is 4.79 Å². The van der Waals surface area contributed by atoms with E-state index >= 15 is 0 Å². The fourth-order valence-electron chi connectivity index (χ4n) is 2.35. The summed E-state index contributed by atoms with van der Waals surface area (Å²) in [4.78, 5) is 11.6. The second-order valence-corrected chi connectivity index (χ2v) is 7.62. The highest BCUT2D eigenvalue weighted by atomic mass is 16.6. The van der Waals surface area contributed by atoms with Gasteiger partial charge in [0.05, 0.1) is 46.2 Å². The predicted octanol–water partition coefficient (Wildman–Crippen LogP) is 3.43. The quantitative estimate of drug-likeness (QED) is 0.323. The molecule has 0 aliphatic rings. The average Bonchev–Trinajstić information content (AvgIpc) is 2.61. The van der Waals surface area contributed by atoms with E-state index in [0.29, 0.717) is 58.6 Å². The smallest absolute Gasteiger partial charge is 0.222 e. The fraction of sp³-hybridized carbons (Fsp3) is 0.952. The Hall–Kier alpha value is -0.690. The van der Waals surface area contributed by atoms with Crippen LogP contribution in [0.2, 0.25) is 0 Å². The molecule has 0 aromatic heterocycles. The average molecular weight is 390 g/mol. The number of ether oxygens (including phenoxy) is 4. The highest BCUT2D eigenvalue weighted by molar-refractivity contribution is 5.75. The first-order valence-corrected chi connectivity index (χ1v) is 10.6. The first kappa shape index (κ1) is 26.3. The van der Waals surface area contributed by atoms with Gasteiger partial charge in [-0.2, -0.15) is 0 Å². The van der Waals surface area contributed by atoms with Crippen LogP contribution < -0.4 is 5.32 Å². The van der Waals surface area contributed by atoms with Crippen LogP contribution in [-0.2, 0) is 23.7 Å². The van der Waals surface area contributed by atoms with Crippen LogP contribution in [0, 0.1) is 11.8 Å². The molecule has 0 fully saturated rings. The third-order valence-electron chi connectivity index (χ3n) is 3.94. The Morgan fingerprint density at radius 1 is 0.667 bits per heavy atom. The second kappa shape index (κ2) is 20.1. The van der Waals surface area contributed by atoms with Gasteiger partial charge in [-0.15, -0.1) is 0 Å². The van der Waals surface area contributed by atoms with Crippen LogP contribution in [-0.4, -0.2) is 65.3 Å². The van der Waals surface area contributed by atoms with E-state index in [1.807, 2.05) is 0 Å². The topological polar surface area (TPSA) is 66.0 Å². The molecule has 0 saturated heterocycles. The molecule has 0 rings (SSSR count). The van der Waals surface area contributed by atoms with Gasteiger partial charge >= 0.3 is 0 Å². The van der Waals surface area contributed by atoms with Crippen LogP contribution in [0.3, 0.4) is 0 Å². The first-order chi connectivity index (χ1) is 13.0. The largest absolute Gasteiger partial charge is 0.379 e. The molecule has 6 nitrogen and oxygen atoms in total. The number of nitrogens with one attached hydrogen (secondary N) is 1. The Balaban J connectivity index is 3.13. The number of carbonyl (C=O) groups is 1. The van der Waals surface area contributed by atoms with Gasteiger partial charge in [-0.05, 0) is 37.5 Å². The van der Waals surface area contributed by atoms with Crippen molar-refractivity contribution in [3.05, 3.63) is 0 Å². The molecule has 0 unspecified atom stereocenters. The van der Waals surface area contributed by atoms with Crippen LogP contribution in [0.15, 0.2) is 0 Å². The Bertz CT molecular complexity index is 324. The SMILES string of the molecule is CC(C)CCCNC(=O)CCOCCOCCOCCOCCCC(C)C. The number of rotatable bonds is 20. The van der Waals surface area contributed by atoms with E-state index in [0.717, 1.165) is 38.3 Å². The lowest BCUT2D eigenvalue weighted by Gasteiger charge is -2.08. The molecule has 1 amide bonds. The van der Waals surface area contributed by atoms with Gasteiger partial charge in [-0.1, -0.05) is 27.7 Å². The Kier molecular flexibility index (Phi) is 19.5. The van der Waals surface area contributed by atoms with E-state index in [1.165, 1.54) is 6.42 Å². The van der Waals surface area contributed by atoms with Crippen molar-refractivity contribution in [3.63, 3.8) is 0 Å². The highest BCUT2D eigenvalue weighted by Crippen LogP contribution is 2.03. The molecule has 0 radical (unpaired) electrons. The molecule has 0 spiro atoms. The van der Waals surface area contributed by atoms with E-state index in [2.05, 4.69) is 33.0 Å². The third-order valence-corrected chi connectivity index (χ3v) is 3.94. The van der Waals surface area contributed by atoms with E-state index < -0.39 is 0 Å². The van der Waals surface area contributed by atoms with Gasteiger partial charge in [-0.25, -0.2) is 0 Å². The molecule has 0 heterocycles. The summed E-state index contributed by atoms with van der Waals surface area (Å²) in [5.41, 5.74) is 0. The summed E-state index contributed by atoms with van der Waals surface area (Å²) in [5, 5.41) is 2.91. The Labute approximate surface area is 166 Å². The Morgan fingerprint density at radius 3 is 1.63 bits per heavy atom. The fourth-order valence-corrected chi connectivity index (χ4v) is 2.35. The van der Waals surface area contributed by atoms with Gasteiger partial charge in [0, 0.05) is 19.6 Å². The van der Waals surface area contributed by atoms with Crippen LogP contribution in [0.1, 0.15) is 59.8 Å². The maximum Gasteiger partial charge on any atom is 0.222 e.